The molecule has 0 saturated carbocycles. The summed E-state index contributed by atoms with van der Waals surface area (Å²) in [6.07, 6.45) is 0.355. The van der Waals surface area contributed by atoms with Gasteiger partial charge in [0.05, 0.1) is 17.3 Å². The molecule has 1 aliphatic heterocycles. The summed E-state index contributed by atoms with van der Waals surface area (Å²) in [5, 5.41) is 21.6. The van der Waals surface area contributed by atoms with Gasteiger partial charge in [-0.05, 0) is 25.1 Å². The van der Waals surface area contributed by atoms with E-state index < -0.39 is 18.4 Å². The number of aliphatic hydroxyl groups is 2. The van der Waals surface area contributed by atoms with Crippen LogP contribution in [0.15, 0.2) is 36.5 Å². The Morgan fingerprint density at radius 1 is 1.36 bits per heavy atom. The molecule has 1 saturated heterocycles. The summed E-state index contributed by atoms with van der Waals surface area (Å²) in [6.45, 7) is 1.96. The Hall–Kier alpha value is -2.22. The number of aryl methyl sites for hydroxylation is 1. The number of aliphatic hydroxyl groups excluding tert-OH is 2. The lowest BCUT2D eigenvalue weighted by molar-refractivity contribution is 0.0679. The zero-order valence-corrected chi connectivity index (χ0v) is 16.3. The molecule has 28 heavy (non-hydrogen) atoms. The number of anilines is 1. The smallest absolute Gasteiger partial charge is 0.321 e. The molecule has 1 aromatic carbocycles. The number of pyridine rings is 1. The van der Waals surface area contributed by atoms with Gasteiger partial charge in [0, 0.05) is 43.4 Å². The molecule has 3 N–H and O–H groups in total. The minimum Gasteiger partial charge on any atom is -0.393 e. The van der Waals surface area contributed by atoms with Crippen molar-refractivity contribution in [2.45, 2.75) is 31.5 Å². The average molecular weight is 408 g/mol. The molecule has 0 bridgehead atoms. The lowest BCUT2D eigenvalue weighted by Gasteiger charge is -2.36. The monoisotopic (exact) mass is 407 g/mol. The maximum absolute atomic E-state index is 15.5. The highest BCUT2D eigenvalue weighted by atomic mass is 35.5. The number of rotatable bonds is 4. The molecular formula is C20H23ClFN3O3. The maximum Gasteiger partial charge on any atom is 0.321 e. The summed E-state index contributed by atoms with van der Waals surface area (Å²) in [5.41, 5.74) is 0.465. The highest BCUT2D eigenvalue weighted by Gasteiger charge is 2.40. The highest BCUT2D eigenvalue weighted by molar-refractivity contribution is 6.31. The Morgan fingerprint density at radius 3 is 2.57 bits per heavy atom. The molecule has 0 spiro atoms. The first-order chi connectivity index (χ1) is 13.3. The van der Waals surface area contributed by atoms with E-state index in [9.17, 15) is 9.90 Å². The van der Waals surface area contributed by atoms with Crippen molar-refractivity contribution in [1.29, 1.82) is 0 Å². The molecule has 6 nitrogen and oxygen atoms in total. The van der Waals surface area contributed by atoms with Gasteiger partial charge in [-0.2, -0.15) is 0 Å². The van der Waals surface area contributed by atoms with Crippen LogP contribution in [-0.4, -0.2) is 45.8 Å². The number of carbonyl (C=O) groups excluding carboxylic acids is 1. The van der Waals surface area contributed by atoms with E-state index in [2.05, 4.69) is 10.3 Å². The van der Waals surface area contributed by atoms with Crippen molar-refractivity contribution in [3.05, 3.63) is 58.4 Å². The van der Waals surface area contributed by atoms with Crippen LogP contribution in [0.3, 0.4) is 0 Å². The minimum atomic E-state index is -1.75. The third kappa shape index (κ3) is 4.43. The van der Waals surface area contributed by atoms with Crippen LogP contribution in [0.4, 0.5) is 14.9 Å². The molecule has 3 rings (SSSR count). The van der Waals surface area contributed by atoms with E-state index in [4.69, 9.17) is 16.7 Å². The number of nitrogens with one attached hydrogen (secondary N) is 1. The molecule has 1 fully saturated rings. The summed E-state index contributed by atoms with van der Waals surface area (Å²) in [4.78, 5) is 18.1. The molecule has 1 aliphatic rings. The number of carbonyl (C=O) groups is 1. The molecular weight excluding hydrogens is 385 g/mol. The summed E-state index contributed by atoms with van der Waals surface area (Å²) < 4.78 is 15.5. The van der Waals surface area contributed by atoms with Gasteiger partial charge in [-0.1, -0.05) is 29.3 Å². The first-order valence-electron chi connectivity index (χ1n) is 9.09. The fraction of sp³-hybridized carbons (Fsp3) is 0.400. The van der Waals surface area contributed by atoms with Gasteiger partial charge >= 0.3 is 6.03 Å². The van der Waals surface area contributed by atoms with Gasteiger partial charge in [-0.3, -0.25) is 4.98 Å². The van der Waals surface area contributed by atoms with E-state index in [-0.39, 0.29) is 42.7 Å². The van der Waals surface area contributed by atoms with Crippen LogP contribution in [0.2, 0.25) is 5.02 Å². The number of hydrogen-bond acceptors (Lipinski definition) is 4. The molecule has 1 atom stereocenters. The van der Waals surface area contributed by atoms with E-state index in [0.29, 0.717) is 11.3 Å². The van der Waals surface area contributed by atoms with Gasteiger partial charge in [0.1, 0.15) is 6.10 Å². The van der Waals surface area contributed by atoms with Crippen molar-refractivity contribution < 1.29 is 19.4 Å². The van der Waals surface area contributed by atoms with Crippen molar-refractivity contribution in [2.24, 2.45) is 0 Å². The standard InChI is InChI=1S/C20H23ClFN3O3/c1-13-2-4-15(5-3-13)24-19(28)25-8-6-20(22,7-9-25)18-16(21)10-14(11-23-18)17(27)12-26/h2-5,10-11,17,26-27H,6-9,12H2,1H3,(H,24,28). The number of urea groups is 1. The summed E-state index contributed by atoms with van der Waals surface area (Å²) >= 11 is 6.18. The molecule has 2 heterocycles. The quantitative estimate of drug-likeness (QED) is 0.723. The largest absolute Gasteiger partial charge is 0.393 e. The summed E-state index contributed by atoms with van der Waals surface area (Å²) in [7, 11) is 0. The second-order valence-electron chi connectivity index (χ2n) is 7.05. The molecule has 0 radical (unpaired) electrons. The minimum absolute atomic E-state index is 0.0724. The molecule has 150 valence electrons. The van der Waals surface area contributed by atoms with Gasteiger partial charge < -0.3 is 20.4 Å². The van der Waals surface area contributed by atoms with E-state index >= 15 is 4.39 Å². The van der Waals surface area contributed by atoms with Crippen LogP contribution in [0.25, 0.3) is 0 Å². The van der Waals surface area contributed by atoms with E-state index in [1.807, 2.05) is 31.2 Å². The lowest BCUT2D eigenvalue weighted by atomic mass is 9.89. The van der Waals surface area contributed by atoms with Gasteiger partial charge in [-0.15, -0.1) is 0 Å². The lowest BCUT2D eigenvalue weighted by Crippen LogP contribution is -2.45. The first kappa shape index (κ1) is 20.5. The van der Waals surface area contributed by atoms with Crippen molar-refractivity contribution in [3.63, 3.8) is 0 Å². The molecule has 8 heteroatoms. The zero-order chi connectivity index (χ0) is 20.3. The Morgan fingerprint density at radius 2 is 2.00 bits per heavy atom. The average Bonchev–Trinajstić information content (AvgIpc) is 2.69. The predicted molar refractivity (Wildman–Crippen MR) is 105 cm³/mol. The number of piperidine rings is 1. The van der Waals surface area contributed by atoms with Gasteiger partial charge in [0.15, 0.2) is 5.67 Å². The zero-order valence-electron chi connectivity index (χ0n) is 15.5. The van der Waals surface area contributed by atoms with Gasteiger partial charge in [-0.25, -0.2) is 9.18 Å². The highest BCUT2D eigenvalue weighted by Crippen LogP contribution is 2.39. The molecule has 2 aromatic rings. The maximum atomic E-state index is 15.5. The summed E-state index contributed by atoms with van der Waals surface area (Å²) in [5.74, 6) is 0. The normalized spacial score (nSPS) is 17.2. The number of benzene rings is 1. The van der Waals surface area contributed by atoms with Crippen LogP contribution >= 0.6 is 11.6 Å². The van der Waals surface area contributed by atoms with Crippen LogP contribution in [-0.2, 0) is 5.67 Å². The van der Waals surface area contributed by atoms with Gasteiger partial charge in [0.2, 0.25) is 0 Å². The number of amides is 2. The second-order valence-corrected chi connectivity index (χ2v) is 7.45. The fourth-order valence-electron chi connectivity index (χ4n) is 3.21. The summed E-state index contributed by atoms with van der Waals surface area (Å²) in [6, 6.07) is 8.60. The van der Waals surface area contributed by atoms with E-state index in [0.717, 1.165) is 5.56 Å². The predicted octanol–water partition coefficient (Wildman–Crippen LogP) is 3.56. The molecule has 1 aromatic heterocycles. The van der Waals surface area contributed by atoms with Crippen molar-refractivity contribution in [2.75, 3.05) is 25.0 Å². The SMILES string of the molecule is Cc1ccc(NC(=O)N2CCC(F)(c3ncc(C(O)CO)cc3Cl)CC2)cc1. The Kier molecular flexibility index (Phi) is 6.17. The number of alkyl halides is 1. The Bertz CT molecular complexity index is 839. The number of aromatic nitrogens is 1. The van der Waals surface area contributed by atoms with Crippen molar-refractivity contribution in [3.8, 4) is 0 Å². The van der Waals surface area contributed by atoms with Crippen molar-refractivity contribution in [1.82, 2.24) is 9.88 Å². The third-order valence-electron chi connectivity index (χ3n) is 4.99. The Labute approximate surface area is 168 Å². The Balaban J connectivity index is 1.65. The number of halogens is 2. The number of likely N-dealkylation sites (tertiary alicyclic amines) is 1. The third-order valence-corrected chi connectivity index (χ3v) is 5.28. The topological polar surface area (TPSA) is 85.7 Å². The van der Waals surface area contributed by atoms with Crippen LogP contribution in [0.5, 0.6) is 0 Å². The van der Waals surface area contributed by atoms with Crippen LogP contribution in [0.1, 0.15) is 35.8 Å². The first-order valence-corrected chi connectivity index (χ1v) is 9.46. The number of hydrogen-bond donors (Lipinski definition) is 3. The molecule has 1 unspecified atom stereocenters. The molecule has 0 aliphatic carbocycles. The number of nitrogens with zero attached hydrogens (tertiary/aromatic N) is 2. The van der Waals surface area contributed by atoms with E-state index in [1.54, 1.807) is 4.90 Å². The van der Waals surface area contributed by atoms with Crippen LogP contribution in [0, 0.1) is 6.92 Å². The fourth-order valence-corrected chi connectivity index (χ4v) is 3.55. The van der Waals surface area contributed by atoms with Crippen molar-refractivity contribution >= 4 is 23.3 Å². The molecule has 2 amide bonds. The van der Waals surface area contributed by atoms with E-state index in [1.165, 1.54) is 12.3 Å². The van der Waals surface area contributed by atoms with Gasteiger partial charge in [0.25, 0.3) is 0 Å². The van der Waals surface area contributed by atoms with Crippen LogP contribution < -0.4 is 5.32 Å². The second kappa shape index (κ2) is 8.43.